The maximum absolute atomic E-state index is 9.78. The minimum atomic E-state index is -1.74. The Labute approximate surface area is 48.7 Å². The second-order valence-electron chi connectivity index (χ2n) is 0.783. The Balaban J connectivity index is 3.14. The lowest BCUT2D eigenvalue weighted by Gasteiger charge is -1.77. The summed E-state index contributed by atoms with van der Waals surface area (Å²) in [7, 11) is -0.857. The molecule has 2 nitrogen and oxygen atoms in total. The van der Waals surface area contributed by atoms with E-state index < -0.39 is 10.1 Å². The van der Waals surface area contributed by atoms with E-state index in [0.717, 1.165) is 10.8 Å². The highest BCUT2D eigenvalue weighted by molar-refractivity contribution is 8.68. The SMILES string of the molecule is CC=CSS(=O)O. The Kier molecular flexibility index (Phi) is 4.49. The number of hydrogen-bond acceptors (Lipinski definition) is 2. The Morgan fingerprint density at radius 3 is 2.57 bits per heavy atom. The average Bonchev–Trinajstić information content (AvgIpc) is 1.61. The molecule has 1 atom stereocenters. The summed E-state index contributed by atoms with van der Waals surface area (Å²) in [5, 5.41) is 1.57. The third-order valence-electron chi connectivity index (χ3n) is 0.274. The molecule has 0 spiro atoms. The third-order valence-corrected chi connectivity index (χ3v) is 1.65. The average molecular weight is 138 g/mol. The van der Waals surface area contributed by atoms with Gasteiger partial charge in [-0.15, -0.1) is 0 Å². The quantitative estimate of drug-likeness (QED) is 0.463. The first-order valence-corrected chi connectivity index (χ1v) is 4.17. The van der Waals surface area contributed by atoms with E-state index in [9.17, 15) is 4.21 Å². The molecule has 0 bridgehead atoms. The van der Waals surface area contributed by atoms with Crippen molar-refractivity contribution in [3.8, 4) is 0 Å². The summed E-state index contributed by atoms with van der Waals surface area (Å²) in [5.41, 5.74) is 0. The first-order valence-electron chi connectivity index (χ1n) is 1.66. The molecule has 0 fully saturated rings. The summed E-state index contributed by atoms with van der Waals surface area (Å²) < 4.78 is 17.8. The van der Waals surface area contributed by atoms with Crippen LogP contribution >= 0.6 is 10.8 Å². The van der Waals surface area contributed by atoms with Crippen molar-refractivity contribution < 1.29 is 8.76 Å². The molecule has 0 aromatic carbocycles. The van der Waals surface area contributed by atoms with Crippen LogP contribution in [0.25, 0.3) is 0 Å². The van der Waals surface area contributed by atoms with Crippen molar-refractivity contribution in [3.05, 3.63) is 11.5 Å². The van der Waals surface area contributed by atoms with Crippen LogP contribution in [0.1, 0.15) is 6.92 Å². The Morgan fingerprint density at radius 2 is 2.43 bits per heavy atom. The van der Waals surface area contributed by atoms with Crippen LogP contribution in [0.4, 0.5) is 0 Å². The molecule has 4 heteroatoms. The van der Waals surface area contributed by atoms with Crippen LogP contribution in [0, 0.1) is 0 Å². The van der Waals surface area contributed by atoms with Gasteiger partial charge >= 0.3 is 0 Å². The van der Waals surface area contributed by atoms with Crippen molar-refractivity contribution in [2.24, 2.45) is 0 Å². The predicted molar refractivity (Wildman–Crippen MR) is 33.2 cm³/mol. The zero-order valence-electron chi connectivity index (χ0n) is 3.83. The van der Waals surface area contributed by atoms with Gasteiger partial charge in [-0.2, -0.15) is 0 Å². The standard InChI is InChI=1S/C3H6O2S2/c1-2-3-6-7(4)5/h2-3H,1H3,(H,4,5). The zero-order chi connectivity index (χ0) is 5.70. The molecule has 0 aliphatic carbocycles. The van der Waals surface area contributed by atoms with Crippen molar-refractivity contribution in [1.82, 2.24) is 0 Å². The Hall–Kier alpha value is 0.200. The summed E-state index contributed by atoms with van der Waals surface area (Å²) >= 11 is 0. The summed E-state index contributed by atoms with van der Waals surface area (Å²) in [6, 6.07) is 0. The van der Waals surface area contributed by atoms with Crippen molar-refractivity contribution in [2.75, 3.05) is 0 Å². The molecular formula is C3H6O2S2. The first kappa shape index (κ1) is 7.20. The molecule has 0 saturated heterocycles. The van der Waals surface area contributed by atoms with E-state index in [1.165, 1.54) is 0 Å². The molecule has 7 heavy (non-hydrogen) atoms. The van der Waals surface area contributed by atoms with E-state index >= 15 is 0 Å². The van der Waals surface area contributed by atoms with Gasteiger partial charge in [0, 0.05) is 0 Å². The monoisotopic (exact) mass is 138 g/mol. The molecule has 0 aliphatic rings. The minimum Gasteiger partial charge on any atom is -0.297 e. The van der Waals surface area contributed by atoms with Crippen LogP contribution < -0.4 is 0 Å². The summed E-state index contributed by atoms with van der Waals surface area (Å²) in [6.45, 7) is 1.79. The number of rotatable bonds is 2. The molecular weight excluding hydrogens is 132 g/mol. The predicted octanol–water partition coefficient (Wildman–Crippen LogP) is 1.39. The Morgan fingerprint density at radius 1 is 1.86 bits per heavy atom. The number of allylic oxidation sites excluding steroid dienone is 1. The van der Waals surface area contributed by atoms with E-state index in [2.05, 4.69) is 0 Å². The largest absolute Gasteiger partial charge is 0.297 e. The molecule has 0 aliphatic heterocycles. The lowest BCUT2D eigenvalue weighted by molar-refractivity contribution is 0.581. The summed E-state index contributed by atoms with van der Waals surface area (Å²) in [4.78, 5) is 0. The fraction of sp³-hybridized carbons (Fsp3) is 0.333. The van der Waals surface area contributed by atoms with Crippen LogP contribution in [-0.2, 0) is 10.1 Å². The van der Waals surface area contributed by atoms with Gasteiger partial charge in [-0.3, -0.25) is 4.55 Å². The molecule has 0 aromatic rings. The molecule has 42 valence electrons. The maximum atomic E-state index is 9.78. The van der Waals surface area contributed by atoms with E-state index in [1.54, 1.807) is 18.4 Å². The molecule has 1 N–H and O–H groups in total. The fourth-order valence-electron chi connectivity index (χ4n) is 0.103. The summed E-state index contributed by atoms with van der Waals surface area (Å²) in [5.74, 6) is 0. The van der Waals surface area contributed by atoms with E-state index in [1.807, 2.05) is 0 Å². The van der Waals surface area contributed by atoms with E-state index in [4.69, 9.17) is 4.55 Å². The molecule has 0 aromatic heterocycles. The topological polar surface area (TPSA) is 37.3 Å². The van der Waals surface area contributed by atoms with Crippen LogP contribution in [0.2, 0.25) is 0 Å². The zero-order valence-corrected chi connectivity index (χ0v) is 5.46. The van der Waals surface area contributed by atoms with E-state index in [-0.39, 0.29) is 0 Å². The molecule has 0 heterocycles. The van der Waals surface area contributed by atoms with Gasteiger partial charge in [-0.25, -0.2) is 4.21 Å². The highest BCUT2D eigenvalue weighted by atomic mass is 33.1. The highest BCUT2D eigenvalue weighted by Crippen LogP contribution is 2.03. The van der Waals surface area contributed by atoms with Gasteiger partial charge in [-0.1, -0.05) is 6.08 Å². The third kappa shape index (κ3) is 6.20. The van der Waals surface area contributed by atoms with Gasteiger partial charge < -0.3 is 0 Å². The Bertz CT molecular complexity index is 88.9. The smallest absolute Gasteiger partial charge is 0.220 e. The van der Waals surface area contributed by atoms with E-state index in [0.29, 0.717) is 0 Å². The van der Waals surface area contributed by atoms with Crippen LogP contribution in [-0.4, -0.2) is 8.76 Å². The van der Waals surface area contributed by atoms with Gasteiger partial charge in [0.15, 0.2) is 0 Å². The van der Waals surface area contributed by atoms with Crippen LogP contribution in [0.5, 0.6) is 0 Å². The minimum absolute atomic E-state index is 0.878. The van der Waals surface area contributed by atoms with Gasteiger partial charge in [0.05, 0.1) is 0 Å². The van der Waals surface area contributed by atoms with Crippen molar-refractivity contribution in [3.63, 3.8) is 0 Å². The molecule has 0 saturated carbocycles. The van der Waals surface area contributed by atoms with Crippen molar-refractivity contribution >= 4 is 20.9 Å². The number of hydrogen-bond donors (Lipinski definition) is 1. The molecule has 1 unspecified atom stereocenters. The van der Waals surface area contributed by atoms with Crippen molar-refractivity contribution in [1.29, 1.82) is 0 Å². The molecule has 0 rings (SSSR count). The first-order chi connectivity index (χ1) is 3.27. The van der Waals surface area contributed by atoms with Gasteiger partial charge in [0.1, 0.15) is 0 Å². The lowest BCUT2D eigenvalue weighted by atomic mass is 10.8. The second kappa shape index (κ2) is 4.36. The van der Waals surface area contributed by atoms with Gasteiger partial charge in [-0.05, 0) is 23.1 Å². The van der Waals surface area contributed by atoms with Gasteiger partial charge in [0.25, 0.3) is 0 Å². The van der Waals surface area contributed by atoms with Crippen molar-refractivity contribution in [2.45, 2.75) is 6.92 Å². The normalized spacial score (nSPS) is 15.1. The highest BCUT2D eigenvalue weighted by Gasteiger charge is 1.82. The van der Waals surface area contributed by atoms with Gasteiger partial charge in [0.2, 0.25) is 10.1 Å². The second-order valence-corrected chi connectivity index (χ2v) is 3.11. The van der Waals surface area contributed by atoms with Crippen LogP contribution in [0.15, 0.2) is 11.5 Å². The molecule has 0 radical (unpaired) electrons. The summed E-state index contributed by atoms with van der Waals surface area (Å²) in [6.07, 6.45) is 1.71. The molecule has 0 amide bonds. The maximum Gasteiger partial charge on any atom is 0.220 e. The van der Waals surface area contributed by atoms with Crippen LogP contribution in [0.3, 0.4) is 0 Å². The lowest BCUT2D eigenvalue weighted by Crippen LogP contribution is -1.69. The fourth-order valence-corrected chi connectivity index (χ4v) is 0.928.